The van der Waals surface area contributed by atoms with Crippen LogP contribution in [0.4, 0.5) is 0 Å². The fourth-order valence-corrected chi connectivity index (χ4v) is 0.851. The van der Waals surface area contributed by atoms with Crippen LogP contribution in [0.3, 0.4) is 0 Å². The zero-order valence-corrected chi connectivity index (χ0v) is 7.06. The summed E-state index contributed by atoms with van der Waals surface area (Å²) >= 11 is 0. The van der Waals surface area contributed by atoms with Crippen LogP contribution in [0.5, 0.6) is 0 Å². The largest absolute Gasteiger partial charge is 0.390 e. The van der Waals surface area contributed by atoms with Gasteiger partial charge in [-0.05, 0) is 26.2 Å². The molecule has 0 heterocycles. The maximum absolute atomic E-state index is 3.57. The Morgan fingerprint density at radius 2 is 2.20 bits per heavy atom. The molecule has 0 aromatic carbocycles. The molecular weight excluding hydrogens is 124 g/mol. The minimum atomic E-state index is 1.00. The van der Waals surface area contributed by atoms with Crippen molar-refractivity contribution in [3.05, 3.63) is 12.8 Å². The summed E-state index contributed by atoms with van der Waals surface area (Å²) in [5.41, 5.74) is 0. The highest BCUT2D eigenvalue weighted by Crippen LogP contribution is 1.83. The summed E-state index contributed by atoms with van der Waals surface area (Å²) < 4.78 is 0. The molecule has 0 aliphatic carbocycles. The van der Waals surface area contributed by atoms with Gasteiger partial charge >= 0.3 is 0 Å². The topological polar surface area (TPSA) is 15.3 Å². The van der Waals surface area contributed by atoms with E-state index in [-0.39, 0.29) is 0 Å². The van der Waals surface area contributed by atoms with E-state index in [0.29, 0.717) is 0 Å². The lowest BCUT2D eigenvalue weighted by atomic mass is 10.4. The molecule has 0 amide bonds. The second kappa shape index (κ2) is 6.62. The molecule has 2 heteroatoms. The average molecular weight is 142 g/mol. The summed E-state index contributed by atoms with van der Waals surface area (Å²) in [6, 6.07) is 0. The number of hydrogen-bond acceptors (Lipinski definition) is 2. The number of nitrogens with one attached hydrogen (secondary N) is 1. The highest BCUT2D eigenvalue weighted by Gasteiger charge is 1.92. The summed E-state index contributed by atoms with van der Waals surface area (Å²) in [5.74, 6) is 0. The van der Waals surface area contributed by atoms with Crippen molar-refractivity contribution in [2.45, 2.75) is 13.3 Å². The summed E-state index contributed by atoms with van der Waals surface area (Å²) in [4.78, 5) is 2.30. The summed E-state index contributed by atoms with van der Waals surface area (Å²) in [7, 11) is 2.13. The minimum Gasteiger partial charge on any atom is -0.390 e. The maximum atomic E-state index is 3.57. The molecule has 0 saturated heterocycles. The standard InChI is InChI=1S/C8H18N2/c1-4-7-10(3)8-6-9-5-2/h5,9H,2,4,6-8H2,1,3H3. The fraction of sp³-hybridized carbons (Fsp3) is 0.750. The zero-order chi connectivity index (χ0) is 7.82. The lowest BCUT2D eigenvalue weighted by molar-refractivity contribution is 0.338. The molecule has 0 unspecified atom stereocenters. The van der Waals surface area contributed by atoms with Crippen molar-refractivity contribution in [2.24, 2.45) is 0 Å². The van der Waals surface area contributed by atoms with Gasteiger partial charge in [-0.3, -0.25) is 0 Å². The average Bonchev–Trinajstić information content (AvgIpc) is 1.89. The van der Waals surface area contributed by atoms with E-state index < -0.39 is 0 Å². The van der Waals surface area contributed by atoms with E-state index in [1.807, 2.05) is 0 Å². The Labute approximate surface area is 63.9 Å². The SMILES string of the molecule is C=CNCCN(C)CCC. The second-order valence-electron chi connectivity index (χ2n) is 2.46. The monoisotopic (exact) mass is 142 g/mol. The first-order valence-corrected chi connectivity index (χ1v) is 3.84. The molecule has 1 N–H and O–H groups in total. The van der Waals surface area contributed by atoms with E-state index in [1.165, 1.54) is 13.0 Å². The van der Waals surface area contributed by atoms with E-state index >= 15 is 0 Å². The molecule has 0 aromatic rings. The van der Waals surface area contributed by atoms with Crippen molar-refractivity contribution >= 4 is 0 Å². The van der Waals surface area contributed by atoms with Crippen molar-refractivity contribution < 1.29 is 0 Å². The van der Waals surface area contributed by atoms with Gasteiger partial charge in [-0.1, -0.05) is 13.5 Å². The van der Waals surface area contributed by atoms with Crippen LogP contribution >= 0.6 is 0 Å². The van der Waals surface area contributed by atoms with E-state index in [2.05, 4.69) is 30.8 Å². The molecule has 60 valence electrons. The number of likely N-dealkylation sites (N-methyl/N-ethyl adjacent to an activating group) is 1. The molecule has 10 heavy (non-hydrogen) atoms. The lowest BCUT2D eigenvalue weighted by Gasteiger charge is -2.14. The smallest absolute Gasteiger partial charge is 0.0269 e. The molecule has 0 aliphatic heterocycles. The van der Waals surface area contributed by atoms with Gasteiger partial charge < -0.3 is 10.2 Å². The Hall–Kier alpha value is -0.500. The van der Waals surface area contributed by atoms with Gasteiger partial charge in [-0.2, -0.15) is 0 Å². The first-order chi connectivity index (χ1) is 4.81. The summed E-state index contributed by atoms with van der Waals surface area (Å²) in [6.07, 6.45) is 2.96. The van der Waals surface area contributed by atoms with Crippen LogP contribution in [0.25, 0.3) is 0 Å². The van der Waals surface area contributed by atoms with Gasteiger partial charge in [-0.25, -0.2) is 0 Å². The minimum absolute atomic E-state index is 1.00. The Morgan fingerprint density at radius 1 is 1.50 bits per heavy atom. The normalized spacial score (nSPS) is 9.90. The number of hydrogen-bond donors (Lipinski definition) is 1. The maximum Gasteiger partial charge on any atom is 0.0269 e. The first kappa shape index (κ1) is 9.50. The van der Waals surface area contributed by atoms with Gasteiger partial charge in [-0.15, -0.1) is 0 Å². The van der Waals surface area contributed by atoms with Crippen LogP contribution in [0.1, 0.15) is 13.3 Å². The van der Waals surface area contributed by atoms with Crippen LogP contribution in [0, 0.1) is 0 Å². The molecule has 0 atom stereocenters. The van der Waals surface area contributed by atoms with Crippen molar-refractivity contribution in [3.8, 4) is 0 Å². The van der Waals surface area contributed by atoms with Crippen molar-refractivity contribution in [3.63, 3.8) is 0 Å². The molecule has 2 nitrogen and oxygen atoms in total. The van der Waals surface area contributed by atoms with E-state index in [4.69, 9.17) is 0 Å². The van der Waals surface area contributed by atoms with Crippen LogP contribution in [0.2, 0.25) is 0 Å². The molecule has 0 saturated carbocycles. The third-order valence-corrected chi connectivity index (χ3v) is 1.39. The third kappa shape index (κ3) is 5.63. The number of rotatable bonds is 6. The molecule has 0 bridgehead atoms. The van der Waals surface area contributed by atoms with Crippen molar-refractivity contribution in [1.82, 2.24) is 10.2 Å². The van der Waals surface area contributed by atoms with Crippen LogP contribution < -0.4 is 5.32 Å². The molecule has 0 rings (SSSR count). The van der Waals surface area contributed by atoms with Crippen molar-refractivity contribution in [1.29, 1.82) is 0 Å². The van der Waals surface area contributed by atoms with Crippen molar-refractivity contribution in [2.75, 3.05) is 26.7 Å². The Kier molecular flexibility index (Phi) is 6.29. The molecule has 0 fully saturated rings. The molecule has 0 spiro atoms. The van der Waals surface area contributed by atoms with Crippen LogP contribution in [-0.2, 0) is 0 Å². The molecule has 0 aromatic heterocycles. The first-order valence-electron chi connectivity index (χ1n) is 3.84. The number of nitrogens with zero attached hydrogens (tertiary/aromatic N) is 1. The predicted octanol–water partition coefficient (Wildman–Crippen LogP) is 1.06. The highest BCUT2D eigenvalue weighted by atomic mass is 15.1. The van der Waals surface area contributed by atoms with Gasteiger partial charge in [0, 0.05) is 13.1 Å². The van der Waals surface area contributed by atoms with Gasteiger partial charge in [0.05, 0.1) is 0 Å². The fourth-order valence-electron chi connectivity index (χ4n) is 0.851. The summed E-state index contributed by atoms with van der Waals surface area (Å²) in [6.45, 7) is 9.04. The predicted molar refractivity (Wildman–Crippen MR) is 46.0 cm³/mol. The Morgan fingerprint density at radius 3 is 2.70 bits per heavy atom. The van der Waals surface area contributed by atoms with Gasteiger partial charge in [0.2, 0.25) is 0 Å². The quantitative estimate of drug-likeness (QED) is 0.558. The van der Waals surface area contributed by atoms with E-state index in [1.54, 1.807) is 6.20 Å². The second-order valence-corrected chi connectivity index (χ2v) is 2.46. The lowest BCUT2D eigenvalue weighted by Crippen LogP contribution is -2.27. The van der Waals surface area contributed by atoms with Crippen LogP contribution in [0.15, 0.2) is 12.8 Å². The van der Waals surface area contributed by atoms with E-state index in [0.717, 1.165) is 13.1 Å². The molecule has 0 radical (unpaired) electrons. The van der Waals surface area contributed by atoms with Crippen LogP contribution in [-0.4, -0.2) is 31.6 Å². The van der Waals surface area contributed by atoms with Gasteiger partial charge in [0.25, 0.3) is 0 Å². The highest BCUT2D eigenvalue weighted by molar-refractivity contribution is 4.63. The Bertz CT molecular complexity index is 81.3. The zero-order valence-electron chi connectivity index (χ0n) is 7.06. The summed E-state index contributed by atoms with van der Waals surface area (Å²) in [5, 5.41) is 3.06. The molecule has 0 aliphatic rings. The third-order valence-electron chi connectivity index (χ3n) is 1.39. The molecular formula is C8H18N2. The van der Waals surface area contributed by atoms with E-state index in [9.17, 15) is 0 Å². The van der Waals surface area contributed by atoms with Gasteiger partial charge in [0.15, 0.2) is 0 Å². The van der Waals surface area contributed by atoms with Gasteiger partial charge in [0.1, 0.15) is 0 Å². The Balaban J connectivity index is 3.04.